The molecule has 0 N–H and O–H groups in total. The minimum Gasteiger partial charge on any atom is -0.496 e. The van der Waals surface area contributed by atoms with Crippen LogP contribution in [0.25, 0.3) is 0 Å². The third kappa shape index (κ3) is 3.36. The molecule has 0 aromatic heterocycles. The minimum atomic E-state index is -0.491. The van der Waals surface area contributed by atoms with Crippen molar-refractivity contribution in [1.82, 2.24) is 0 Å². The molecule has 0 unspecified atom stereocenters. The van der Waals surface area contributed by atoms with Crippen molar-refractivity contribution < 1.29 is 18.7 Å². The first-order valence-electron chi connectivity index (χ1n) is 5.86. The van der Waals surface area contributed by atoms with Gasteiger partial charge in [-0.2, -0.15) is 0 Å². The van der Waals surface area contributed by atoms with E-state index < -0.39 is 5.82 Å². The number of para-hydroxylation sites is 1. The molecule has 104 valence electrons. The Morgan fingerprint density at radius 1 is 1.20 bits per heavy atom. The molecule has 2 aromatic rings. The van der Waals surface area contributed by atoms with E-state index in [2.05, 4.69) is 15.9 Å². The molecular formula is C15H12BrFO3. The second kappa shape index (κ2) is 6.52. The van der Waals surface area contributed by atoms with Gasteiger partial charge in [-0.05, 0) is 46.3 Å². The van der Waals surface area contributed by atoms with E-state index in [4.69, 9.17) is 9.47 Å². The van der Waals surface area contributed by atoms with Gasteiger partial charge in [0.15, 0.2) is 6.61 Å². The van der Waals surface area contributed by atoms with Gasteiger partial charge in [-0.15, -0.1) is 0 Å². The number of benzene rings is 2. The van der Waals surface area contributed by atoms with Gasteiger partial charge < -0.3 is 9.47 Å². The topological polar surface area (TPSA) is 35.5 Å². The van der Waals surface area contributed by atoms with Crippen molar-refractivity contribution >= 4 is 21.7 Å². The highest BCUT2D eigenvalue weighted by atomic mass is 79.9. The molecule has 0 fully saturated rings. The van der Waals surface area contributed by atoms with E-state index in [1.54, 1.807) is 12.1 Å². The summed E-state index contributed by atoms with van der Waals surface area (Å²) in [5.41, 5.74) is 0.166. The van der Waals surface area contributed by atoms with E-state index in [0.717, 1.165) is 10.5 Å². The standard InChI is InChI=1S/C15H12BrFO3/c1-19-14-7-6-10(17)8-11(14)13(18)9-20-15-5-3-2-4-12(15)16/h2-8H,9H2,1H3. The maximum Gasteiger partial charge on any atom is 0.204 e. The predicted octanol–water partition coefficient (Wildman–Crippen LogP) is 3.86. The third-order valence-corrected chi connectivity index (χ3v) is 3.31. The summed E-state index contributed by atoms with van der Waals surface area (Å²) in [4.78, 5) is 12.1. The molecule has 0 saturated carbocycles. The van der Waals surface area contributed by atoms with Crippen LogP contribution < -0.4 is 9.47 Å². The van der Waals surface area contributed by atoms with Crippen molar-refractivity contribution in [2.75, 3.05) is 13.7 Å². The Kier molecular flexibility index (Phi) is 4.74. The van der Waals surface area contributed by atoms with E-state index in [9.17, 15) is 9.18 Å². The van der Waals surface area contributed by atoms with Crippen LogP contribution >= 0.6 is 15.9 Å². The van der Waals surface area contributed by atoms with Crippen LogP contribution in [0.3, 0.4) is 0 Å². The molecule has 0 aliphatic carbocycles. The van der Waals surface area contributed by atoms with Crippen molar-refractivity contribution in [3.05, 3.63) is 58.3 Å². The number of carbonyl (C=O) groups is 1. The number of rotatable bonds is 5. The summed E-state index contributed by atoms with van der Waals surface area (Å²) in [7, 11) is 1.43. The summed E-state index contributed by atoms with van der Waals surface area (Å²) in [5.74, 6) is 0.0375. The number of Topliss-reactive ketones (excluding diaryl/α,β-unsaturated/α-hetero) is 1. The smallest absolute Gasteiger partial charge is 0.204 e. The zero-order valence-electron chi connectivity index (χ0n) is 10.7. The maximum absolute atomic E-state index is 13.2. The molecule has 20 heavy (non-hydrogen) atoms. The SMILES string of the molecule is COc1ccc(F)cc1C(=O)COc1ccccc1Br. The highest BCUT2D eigenvalue weighted by molar-refractivity contribution is 9.10. The number of ketones is 1. The predicted molar refractivity (Wildman–Crippen MR) is 76.9 cm³/mol. The Hall–Kier alpha value is -1.88. The highest BCUT2D eigenvalue weighted by Gasteiger charge is 2.14. The Bertz CT molecular complexity index is 628. The summed E-state index contributed by atoms with van der Waals surface area (Å²) in [5, 5.41) is 0. The average molecular weight is 339 g/mol. The highest BCUT2D eigenvalue weighted by Crippen LogP contribution is 2.25. The Balaban J connectivity index is 2.13. The molecule has 0 aliphatic rings. The van der Waals surface area contributed by atoms with Crippen molar-refractivity contribution in [1.29, 1.82) is 0 Å². The van der Waals surface area contributed by atoms with Crippen LogP contribution in [0.1, 0.15) is 10.4 Å². The second-order valence-corrected chi connectivity index (χ2v) is 4.84. The minimum absolute atomic E-state index is 0.166. The van der Waals surface area contributed by atoms with Crippen LogP contribution in [-0.4, -0.2) is 19.5 Å². The molecule has 0 saturated heterocycles. The summed E-state index contributed by atoms with van der Waals surface area (Å²) < 4.78 is 24.4. The monoisotopic (exact) mass is 338 g/mol. The van der Waals surface area contributed by atoms with Crippen molar-refractivity contribution in [3.8, 4) is 11.5 Å². The van der Waals surface area contributed by atoms with Gasteiger partial charge in [0.25, 0.3) is 0 Å². The quantitative estimate of drug-likeness (QED) is 0.776. The molecule has 5 heteroatoms. The lowest BCUT2D eigenvalue weighted by Crippen LogP contribution is -2.13. The Morgan fingerprint density at radius 3 is 2.65 bits per heavy atom. The molecule has 0 spiro atoms. The Labute approximate surface area is 124 Å². The second-order valence-electron chi connectivity index (χ2n) is 3.99. The van der Waals surface area contributed by atoms with E-state index in [1.165, 1.54) is 19.2 Å². The van der Waals surface area contributed by atoms with Gasteiger partial charge in [0.05, 0.1) is 17.1 Å². The number of hydrogen-bond acceptors (Lipinski definition) is 3. The fourth-order valence-corrected chi connectivity index (χ4v) is 2.08. The number of halogens is 2. The van der Waals surface area contributed by atoms with Crippen LogP contribution in [0.5, 0.6) is 11.5 Å². The normalized spacial score (nSPS) is 10.2. The molecule has 2 aromatic carbocycles. The van der Waals surface area contributed by atoms with Crippen molar-refractivity contribution in [3.63, 3.8) is 0 Å². The maximum atomic E-state index is 13.2. The first kappa shape index (κ1) is 14.5. The molecule has 2 rings (SSSR count). The van der Waals surface area contributed by atoms with Crippen LogP contribution in [0.4, 0.5) is 4.39 Å². The van der Waals surface area contributed by atoms with E-state index in [-0.39, 0.29) is 18.0 Å². The molecular weight excluding hydrogens is 327 g/mol. The van der Waals surface area contributed by atoms with Gasteiger partial charge in [0.1, 0.15) is 17.3 Å². The lowest BCUT2D eigenvalue weighted by atomic mass is 10.1. The summed E-state index contributed by atoms with van der Waals surface area (Å²) in [6.45, 7) is -0.192. The largest absolute Gasteiger partial charge is 0.496 e. The van der Waals surface area contributed by atoms with E-state index in [1.807, 2.05) is 12.1 Å². The van der Waals surface area contributed by atoms with Crippen molar-refractivity contribution in [2.24, 2.45) is 0 Å². The zero-order valence-corrected chi connectivity index (χ0v) is 12.3. The van der Waals surface area contributed by atoms with E-state index in [0.29, 0.717) is 11.5 Å². The molecule has 0 heterocycles. The first-order valence-corrected chi connectivity index (χ1v) is 6.65. The summed E-state index contributed by atoms with van der Waals surface area (Å²) in [6, 6.07) is 11.0. The lowest BCUT2D eigenvalue weighted by molar-refractivity contribution is 0.0917. The van der Waals surface area contributed by atoms with Crippen molar-refractivity contribution in [2.45, 2.75) is 0 Å². The van der Waals surface area contributed by atoms with Gasteiger partial charge in [-0.25, -0.2) is 4.39 Å². The van der Waals surface area contributed by atoms with E-state index >= 15 is 0 Å². The molecule has 0 bridgehead atoms. The van der Waals surface area contributed by atoms with Gasteiger partial charge >= 0.3 is 0 Å². The van der Waals surface area contributed by atoms with Crippen LogP contribution in [0, 0.1) is 5.82 Å². The van der Waals surface area contributed by atoms with Crippen LogP contribution in [-0.2, 0) is 0 Å². The van der Waals surface area contributed by atoms with Gasteiger partial charge in [-0.3, -0.25) is 4.79 Å². The molecule has 0 aliphatic heterocycles. The third-order valence-electron chi connectivity index (χ3n) is 2.66. The van der Waals surface area contributed by atoms with Crippen LogP contribution in [0.15, 0.2) is 46.9 Å². The molecule has 0 atom stereocenters. The Morgan fingerprint density at radius 2 is 1.95 bits per heavy atom. The summed E-state index contributed by atoms with van der Waals surface area (Å²) >= 11 is 3.32. The van der Waals surface area contributed by atoms with Gasteiger partial charge in [0.2, 0.25) is 5.78 Å². The zero-order chi connectivity index (χ0) is 14.5. The fourth-order valence-electron chi connectivity index (χ4n) is 1.68. The van der Waals surface area contributed by atoms with Gasteiger partial charge in [-0.1, -0.05) is 12.1 Å². The fraction of sp³-hybridized carbons (Fsp3) is 0.133. The average Bonchev–Trinajstić information content (AvgIpc) is 2.46. The first-order chi connectivity index (χ1) is 9.61. The number of hydrogen-bond donors (Lipinski definition) is 0. The van der Waals surface area contributed by atoms with Crippen LogP contribution in [0.2, 0.25) is 0 Å². The number of methoxy groups -OCH3 is 1. The lowest BCUT2D eigenvalue weighted by Gasteiger charge is -2.10. The number of ether oxygens (including phenoxy) is 2. The molecule has 3 nitrogen and oxygen atoms in total. The molecule has 0 radical (unpaired) electrons. The number of carbonyl (C=O) groups excluding carboxylic acids is 1. The molecule has 0 amide bonds. The van der Waals surface area contributed by atoms with Gasteiger partial charge in [0, 0.05) is 0 Å². The summed E-state index contributed by atoms with van der Waals surface area (Å²) in [6.07, 6.45) is 0.